The van der Waals surface area contributed by atoms with Gasteiger partial charge < -0.3 is 9.73 Å². The number of nitrogens with one attached hydrogen (secondary N) is 1. The highest BCUT2D eigenvalue weighted by molar-refractivity contribution is 6.01. The third-order valence-electron chi connectivity index (χ3n) is 3.51. The molecule has 0 saturated carbocycles. The van der Waals surface area contributed by atoms with Gasteiger partial charge in [0.2, 0.25) is 5.89 Å². The molecule has 0 aliphatic carbocycles. The lowest BCUT2D eigenvalue weighted by molar-refractivity contribution is 0.0988. The fourth-order valence-electron chi connectivity index (χ4n) is 2.31. The van der Waals surface area contributed by atoms with Crippen LogP contribution in [0.2, 0.25) is 0 Å². The van der Waals surface area contributed by atoms with Crippen molar-refractivity contribution in [3.8, 4) is 0 Å². The third kappa shape index (κ3) is 3.63. The second kappa shape index (κ2) is 6.87. The number of benzene rings is 2. The van der Waals surface area contributed by atoms with E-state index in [0.717, 1.165) is 23.2 Å². The number of hydrogen-bond donors (Lipinski definition) is 1. The van der Waals surface area contributed by atoms with Gasteiger partial charge in [0.25, 0.3) is 0 Å². The molecule has 0 unspecified atom stereocenters. The molecule has 0 spiro atoms. The Morgan fingerprint density at radius 1 is 1.04 bits per heavy atom. The Hall–Kier alpha value is -2.95. The number of aromatic nitrogens is 2. The van der Waals surface area contributed by atoms with E-state index in [4.69, 9.17) is 4.42 Å². The van der Waals surface area contributed by atoms with Gasteiger partial charge in [-0.3, -0.25) is 4.79 Å². The van der Waals surface area contributed by atoms with E-state index in [0.29, 0.717) is 12.3 Å². The van der Waals surface area contributed by atoms with Crippen molar-refractivity contribution >= 4 is 11.6 Å². The Morgan fingerprint density at radius 2 is 1.78 bits per heavy atom. The molecule has 1 aromatic heterocycles. The van der Waals surface area contributed by atoms with E-state index < -0.39 is 5.91 Å². The summed E-state index contributed by atoms with van der Waals surface area (Å²) in [7, 11) is 0. The number of carbonyl (C=O) groups excluding carboxylic acids is 1. The standard InChI is InChI=1S/C18H17N3O2/c1-2-14-10-6-7-11-15(14)19-17(22)18-21-20-16(23-18)12-13-8-4-3-5-9-13/h3-11H,2,12H2,1H3,(H,19,22). The van der Waals surface area contributed by atoms with Crippen LogP contribution in [0.25, 0.3) is 0 Å². The molecule has 0 fully saturated rings. The van der Waals surface area contributed by atoms with Crippen LogP contribution in [0.4, 0.5) is 5.69 Å². The Bertz CT molecular complexity index is 797. The number of hydrogen-bond acceptors (Lipinski definition) is 4. The lowest BCUT2D eigenvalue weighted by Gasteiger charge is -2.07. The summed E-state index contributed by atoms with van der Waals surface area (Å²) in [5.41, 5.74) is 2.88. The number of aryl methyl sites for hydroxylation is 1. The second-order valence-electron chi connectivity index (χ2n) is 5.13. The molecule has 2 aromatic carbocycles. The number of amides is 1. The van der Waals surface area contributed by atoms with E-state index in [-0.39, 0.29) is 5.89 Å². The minimum atomic E-state index is -0.391. The molecule has 0 radical (unpaired) electrons. The van der Waals surface area contributed by atoms with Crippen molar-refractivity contribution < 1.29 is 9.21 Å². The van der Waals surface area contributed by atoms with Crippen molar-refractivity contribution in [1.82, 2.24) is 10.2 Å². The van der Waals surface area contributed by atoms with Crippen LogP contribution in [0.15, 0.2) is 59.0 Å². The molecule has 0 atom stereocenters. The summed E-state index contributed by atoms with van der Waals surface area (Å²) in [5, 5.41) is 10.6. The summed E-state index contributed by atoms with van der Waals surface area (Å²) < 4.78 is 5.46. The largest absolute Gasteiger partial charge is 0.417 e. The number of para-hydroxylation sites is 1. The normalized spacial score (nSPS) is 10.5. The fraction of sp³-hybridized carbons (Fsp3) is 0.167. The predicted molar refractivity (Wildman–Crippen MR) is 87.3 cm³/mol. The van der Waals surface area contributed by atoms with Crippen molar-refractivity contribution in [1.29, 1.82) is 0 Å². The first kappa shape index (κ1) is 15.0. The van der Waals surface area contributed by atoms with Gasteiger partial charge in [0, 0.05) is 5.69 Å². The number of carbonyl (C=O) groups is 1. The summed E-state index contributed by atoms with van der Waals surface area (Å²) >= 11 is 0. The average Bonchev–Trinajstić information content (AvgIpc) is 3.05. The van der Waals surface area contributed by atoms with E-state index in [9.17, 15) is 4.79 Å². The zero-order valence-corrected chi connectivity index (χ0v) is 12.8. The molecule has 1 heterocycles. The molecular formula is C18H17N3O2. The minimum Gasteiger partial charge on any atom is -0.417 e. The van der Waals surface area contributed by atoms with Crippen LogP contribution < -0.4 is 5.32 Å². The van der Waals surface area contributed by atoms with Crippen LogP contribution in [0.3, 0.4) is 0 Å². The molecule has 3 aromatic rings. The molecular weight excluding hydrogens is 290 g/mol. The van der Waals surface area contributed by atoms with Gasteiger partial charge in [-0.05, 0) is 23.6 Å². The Kier molecular flexibility index (Phi) is 4.47. The molecule has 3 rings (SSSR count). The summed E-state index contributed by atoms with van der Waals surface area (Å²) in [6.45, 7) is 2.04. The van der Waals surface area contributed by atoms with Crippen molar-refractivity contribution in [2.24, 2.45) is 0 Å². The maximum Gasteiger partial charge on any atom is 0.313 e. The summed E-state index contributed by atoms with van der Waals surface area (Å²) in [6.07, 6.45) is 1.34. The smallest absolute Gasteiger partial charge is 0.313 e. The SMILES string of the molecule is CCc1ccccc1NC(=O)c1nnc(Cc2ccccc2)o1. The molecule has 1 N–H and O–H groups in total. The number of nitrogens with zero attached hydrogens (tertiary/aromatic N) is 2. The lowest BCUT2D eigenvalue weighted by Crippen LogP contribution is -2.13. The molecule has 5 heteroatoms. The van der Waals surface area contributed by atoms with Gasteiger partial charge in [-0.15, -0.1) is 10.2 Å². The van der Waals surface area contributed by atoms with Gasteiger partial charge in [-0.2, -0.15) is 0 Å². The van der Waals surface area contributed by atoms with Crippen LogP contribution in [-0.2, 0) is 12.8 Å². The highest BCUT2D eigenvalue weighted by Gasteiger charge is 2.16. The number of rotatable bonds is 5. The van der Waals surface area contributed by atoms with E-state index in [1.54, 1.807) is 0 Å². The van der Waals surface area contributed by atoms with Crippen molar-refractivity contribution in [3.05, 3.63) is 77.5 Å². The summed E-state index contributed by atoms with van der Waals surface area (Å²) in [5.74, 6) is 0.00433. The van der Waals surface area contributed by atoms with Gasteiger partial charge in [0.1, 0.15) is 0 Å². The molecule has 0 aliphatic rings. The van der Waals surface area contributed by atoms with Crippen LogP contribution in [0, 0.1) is 0 Å². The monoisotopic (exact) mass is 307 g/mol. The maximum atomic E-state index is 12.2. The summed E-state index contributed by atoms with van der Waals surface area (Å²) in [4.78, 5) is 12.2. The highest BCUT2D eigenvalue weighted by atomic mass is 16.4. The molecule has 116 valence electrons. The Balaban J connectivity index is 1.71. The van der Waals surface area contributed by atoms with E-state index in [1.807, 2.05) is 61.5 Å². The van der Waals surface area contributed by atoms with Crippen LogP contribution in [0.1, 0.15) is 34.6 Å². The third-order valence-corrected chi connectivity index (χ3v) is 3.51. The molecule has 1 amide bonds. The van der Waals surface area contributed by atoms with Crippen molar-refractivity contribution in [2.75, 3.05) is 5.32 Å². The van der Waals surface area contributed by atoms with Gasteiger partial charge >= 0.3 is 11.8 Å². The molecule has 0 aliphatic heterocycles. The molecule has 5 nitrogen and oxygen atoms in total. The van der Waals surface area contributed by atoms with Gasteiger partial charge in [-0.25, -0.2) is 0 Å². The van der Waals surface area contributed by atoms with Crippen LogP contribution in [-0.4, -0.2) is 16.1 Å². The molecule has 23 heavy (non-hydrogen) atoms. The molecule has 0 bridgehead atoms. The van der Waals surface area contributed by atoms with Gasteiger partial charge in [0.05, 0.1) is 6.42 Å². The highest BCUT2D eigenvalue weighted by Crippen LogP contribution is 2.16. The summed E-state index contributed by atoms with van der Waals surface area (Å²) in [6, 6.07) is 17.4. The zero-order chi connectivity index (χ0) is 16.1. The zero-order valence-electron chi connectivity index (χ0n) is 12.8. The molecule has 0 saturated heterocycles. The van der Waals surface area contributed by atoms with E-state index in [1.165, 1.54) is 0 Å². The fourth-order valence-corrected chi connectivity index (χ4v) is 2.31. The van der Waals surface area contributed by atoms with Gasteiger partial charge in [0.15, 0.2) is 0 Å². The minimum absolute atomic E-state index is 0.0261. The number of anilines is 1. The van der Waals surface area contributed by atoms with E-state index >= 15 is 0 Å². The quantitative estimate of drug-likeness (QED) is 0.783. The Morgan fingerprint density at radius 3 is 2.57 bits per heavy atom. The first-order valence-corrected chi connectivity index (χ1v) is 7.52. The maximum absolute atomic E-state index is 12.2. The van der Waals surface area contributed by atoms with Crippen molar-refractivity contribution in [2.45, 2.75) is 19.8 Å². The first-order valence-electron chi connectivity index (χ1n) is 7.52. The predicted octanol–water partition coefficient (Wildman–Crippen LogP) is 3.48. The Labute approximate surface area is 134 Å². The van der Waals surface area contributed by atoms with Crippen LogP contribution >= 0.6 is 0 Å². The lowest BCUT2D eigenvalue weighted by atomic mass is 10.1. The van der Waals surface area contributed by atoms with E-state index in [2.05, 4.69) is 15.5 Å². The first-order chi connectivity index (χ1) is 11.3. The second-order valence-corrected chi connectivity index (χ2v) is 5.13. The van der Waals surface area contributed by atoms with Crippen LogP contribution in [0.5, 0.6) is 0 Å². The average molecular weight is 307 g/mol. The van der Waals surface area contributed by atoms with Gasteiger partial charge in [-0.1, -0.05) is 55.5 Å². The topological polar surface area (TPSA) is 68.0 Å². The van der Waals surface area contributed by atoms with Crippen molar-refractivity contribution in [3.63, 3.8) is 0 Å².